The van der Waals surface area contributed by atoms with Crippen molar-refractivity contribution in [2.24, 2.45) is 5.92 Å². The van der Waals surface area contributed by atoms with Gasteiger partial charge < -0.3 is 9.39 Å². The lowest BCUT2D eigenvalue weighted by molar-refractivity contribution is -0.139. The molecule has 2 radical (unpaired) electrons. The number of methoxy groups -OCH3 is 1. The van der Waals surface area contributed by atoms with E-state index in [2.05, 4.69) is 16.5 Å². The molecule has 4 nitrogen and oxygen atoms in total. The van der Waals surface area contributed by atoms with E-state index in [0.29, 0.717) is 0 Å². The summed E-state index contributed by atoms with van der Waals surface area (Å²) in [4.78, 5) is 13.9. The molecule has 0 spiro atoms. The van der Waals surface area contributed by atoms with Gasteiger partial charge >= 0.3 is 8.05 Å². The maximum absolute atomic E-state index is 11.6. The normalized spacial score (nSPS) is 19.8. The Morgan fingerprint density at radius 1 is 1.40 bits per heavy atom. The molecule has 0 saturated carbocycles. The molecule has 1 aliphatic rings. The Hall–Kier alpha value is 0.0349. The lowest BCUT2D eigenvalue weighted by atomic mass is 9.98. The van der Waals surface area contributed by atoms with E-state index >= 15 is 0 Å². The molecule has 118 valence electrons. The summed E-state index contributed by atoms with van der Waals surface area (Å²) in [5.74, 6) is -0.357. The molecule has 0 amide bonds. The number of unbranched alkanes of at least 4 members (excludes halogenated alkanes) is 1. The molecule has 1 aliphatic heterocycles. The van der Waals surface area contributed by atoms with Gasteiger partial charge in [0.1, 0.15) is 6.23 Å². The maximum atomic E-state index is 11.6. The van der Waals surface area contributed by atoms with Crippen LogP contribution >= 0.6 is 24.8 Å². The number of halogens is 2. The summed E-state index contributed by atoms with van der Waals surface area (Å²) in [6, 6.07) is 0. The van der Waals surface area contributed by atoms with E-state index in [4.69, 9.17) is 12.8 Å². The maximum Gasteiger partial charge on any atom is 0.378 e. The van der Waals surface area contributed by atoms with Crippen molar-refractivity contribution in [1.82, 2.24) is 4.90 Å². The monoisotopic (exact) mass is 325 g/mol. The zero-order valence-electron chi connectivity index (χ0n) is 12.4. The Morgan fingerprint density at radius 3 is 2.65 bits per heavy atom. The van der Waals surface area contributed by atoms with Crippen LogP contribution in [0.5, 0.6) is 0 Å². The second kappa shape index (κ2) is 12.8. The van der Waals surface area contributed by atoms with Crippen molar-refractivity contribution >= 4 is 38.8 Å². The predicted octanol–water partition coefficient (Wildman–Crippen LogP) is 2.72. The topological polar surface area (TPSA) is 38.8 Å². The third-order valence-corrected chi connectivity index (χ3v) is 3.70. The summed E-state index contributed by atoms with van der Waals surface area (Å²) in [6.45, 7) is 4.05. The first-order chi connectivity index (χ1) is 8.72. The summed E-state index contributed by atoms with van der Waals surface area (Å²) < 4.78 is 9.80. The third-order valence-electron chi connectivity index (χ3n) is 3.70. The number of ether oxygens (including phenoxy) is 1. The number of carbonyl (C=O) groups excluding carboxylic acids is 1. The minimum absolute atomic E-state index is 0. The molecule has 20 heavy (non-hydrogen) atoms. The highest BCUT2D eigenvalue weighted by Crippen LogP contribution is 2.21. The summed E-state index contributed by atoms with van der Waals surface area (Å²) in [6.07, 6.45) is 6.24. The van der Waals surface area contributed by atoms with Crippen molar-refractivity contribution in [2.75, 3.05) is 20.2 Å². The second-order valence-electron chi connectivity index (χ2n) is 4.93. The van der Waals surface area contributed by atoms with Crippen LogP contribution in [0.25, 0.3) is 0 Å². The van der Waals surface area contributed by atoms with Crippen molar-refractivity contribution in [3.05, 3.63) is 0 Å². The minimum atomic E-state index is -0.281. The Balaban J connectivity index is 0. The molecule has 0 N–H and O–H groups in total. The first-order valence-electron chi connectivity index (χ1n) is 6.90. The fourth-order valence-corrected chi connectivity index (χ4v) is 2.57. The summed E-state index contributed by atoms with van der Waals surface area (Å²) in [5.41, 5.74) is 0. The van der Waals surface area contributed by atoms with Crippen molar-refractivity contribution < 1.29 is 14.2 Å². The second-order valence-corrected chi connectivity index (χ2v) is 4.93. The zero-order valence-corrected chi connectivity index (χ0v) is 14.0. The van der Waals surface area contributed by atoms with Gasteiger partial charge in [0.2, 0.25) is 0 Å². The smallest absolute Gasteiger partial charge is 0.378 e. The lowest BCUT2D eigenvalue weighted by Crippen LogP contribution is -2.33. The fourth-order valence-electron chi connectivity index (χ4n) is 2.57. The largest absolute Gasteiger partial charge is 0.543 e. The van der Waals surface area contributed by atoms with Crippen LogP contribution in [-0.2, 0) is 14.2 Å². The summed E-state index contributed by atoms with van der Waals surface area (Å²) >= 11 is 0. The van der Waals surface area contributed by atoms with Gasteiger partial charge in [0.15, 0.2) is 0 Å². The van der Waals surface area contributed by atoms with Crippen molar-refractivity contribution in [3.63, 3.8) is 0 Å². The van der Waals surface area contributed by atoms with Crippen molar-refractivity contribution in [3.8, 4) is 0 Å². The summed E-state index contributed by atoms with van der Waals surface area (Å²) in [7, 11) is 6.74. The molecule has 0 aromatic carbocycles. The number of hydrogen-bond acceptors (Lipinski definition) is 4. The van der Waals surface area contributed by atoms with Crippen molar-refractivity contribution in [1.29, 1.82) is 0 Å². The zero-order chi connectivity index (χ0) is 13.4. The molecular weight excluding hydrogens is 300 g/mol. The van der Waals surface area contributed by atoms with Gasteiger partial charge in [-0.25, -0.2) is 0 Å². The Kier molecular flexibility index (Phi) is 14.2. The number of hydrogen-bond donors (Lipinski definition) is 0. The van der Waals surface area contributed by atoms with E-state index in [9.17, 15) is 4.79 Å². The van der Waals surface area contributed by atoms with E-state index in [1.807, 2.05) is 0 Å². The molecular formula is C13H26BCl2NO3. The first-order valence-corrected chi connectivity index (χ1v) is 6.90. The standard InChI is InChI=1S/C13H24BNO3.2ClH/c1-3-4-6-11(13(16)18-14)8-10-15-9-5-7-12(15)17-2;;/h11-12H,3-10H2,1-2H3;2*1H/t11?,12-;;/m0../s1. The van der Waals surface area contributed by atoms with Crippen LogP contribution in [0.4, 0.5) is 0 Å². The fraction of sp³-hybridized carbons (Fsp3) is 0.923. The molecule has 0 aromatic rings. The molecule has 1 unspecified atom stereocenters. The van der Waals surface area contributed by atoms with E-state index < -0.39 is 0 Å². The molecule has 0 aromatic heterocycles. The summed E-state index contributed by atoms with van der Waals surface area (Å²) in [5, 5.41) is 0. The van der Waals surface area contributed by atoms with Crippen LogP contribution in [0.15, 0.2) is 0 Å². The molecule has 1 saturated heterocycles. The number of rotatable bonds is 8. The molecule has 1 heterocycles. The van der Waals surface area contributed by atoms with E-state index in [0.717, 1.165) is 45.2 Å². The van der Waals surface area contributed by atoms with Gasteiger partial charge in [-0.1, -0.05) is 19.8 Å². The predicted molar refractivity (Wildman–Crippen MR) is 85.6 cm³/mol. The minimum Gasteiger partial charge on any atom is -0.543 e. The van der Waals surface area contributed by atoms with Gasteiger partial charge in [0.25, 0.3) is 5.97 Å². The van der Waals surface area contributed by atoms with Gasteiger partial charge in [-0.05, 0) is 25.7 Å². The van der Waals surface area contributed by atoms with E-state index in [-0.39, 0.29) is 42.9 Å². The van der Waals surface area contributed by atoms with Crippen LogP contribution in [-0.4, -0.2) is 45.3 Å². The highest BCUT2D eigenvalue weighted by atomic mass is 35.5. The van der Waals surface area contributed by atoms with E-state index in [1.165, 1.54) is 6.42 Å². The average Bonchev–Trinajstić information content (AvgIpc) is 2.85. The van der Waals surface area contributed by atoms with Crippen LogP contribution < -0.4 is 0 Å². The van der Waals surface area contributed by atoms with Gasteiger partial charge in [0, 0.05) is 20.2 Å². The Bertz CT molecular complexity index is 260. The van der Waals surface area contributed by atoms with Crippen molar-refractivity contribution in [2.45, 2.75) is 51.7 Å². The molecule has 1 fully saturated rings. The molecule has 0 aliphatic carbocycles. The van der Waals surface area contributed by atoms with Crippen LogP contribution in [0.3, 0.4) is 0 Å². The van der Waals surface area contributed by atoms with Gasteiger partial charge in [-0.3, -0.25) is 9.69 Å². The lowest BCUT2D eigenvalue weighted by Gasteiger charge is -2.25. The SMILES string of the molecule is Cl.Cl.[B]OC(=O)C(CCCC)CCN1CCC[C@@H]1OC. The molecule has 0 bridgehead atoms. The number of carbonyl (C=O) groups is 1. The van der Waals surface area contributed by atoms with Crippen LogP contribution in [0.2, 0.25) is 0 Å². The quantitative estimate of drug-likeness (QED) is 0.643. The van der Waals surface area contributed by atoms with Gasteiger partial charge in [0.05, 0.1) is 5.92 Å². The highest BCUT2D eigenvalue weighted by molar-refractivity contribution is 6.05. The van der Waals surface area contributed by atoms with Gasteiger partial charge in [-0.2, -0.15) is 0 Å². The Morgan fingerprint density at radius 2 is 2.10 bits per heavy atom. The molecule has 1 rings (SSSR count). The number of likely N-dealkylation sites (tertiary alicyclic amines) is 1. The van der Waals surface area contributed by atoms with Crippen LogP contribution in [0, 0.1) is 5.92 Å². The Labute approximate surface area is 136 Å². The van der Waals surface area contributed by atoms with Crippen LogP contribution in [0.1, 0.15) is 45.4 Å². The van der Waals surface area contributed by atoms with Gasteiger partial charge in [-0.15, -0.1) is 24.8 Å². The van der Waals surface area contributed by atoms with E-state index in [1.54, 1.807) is 7.11 Å². The molecule has 7 heteroatoms. The number of nitrogens with zero attached hydrogens (tertiary/aromatic N) is 1. The average molecular weight is 326 g/mol. The highest BCUT2D eigenvalue weighted by Gasteiger charge is 2.26. The molecule has 2 atom stereocenters. The third kappa shape index (κ3) is 7.16. The first kappa shape index (κ1) is 22.3.